The highest BCUT2D eigenvalue weighted by atomic mass is 16.5. The minimum absolute atomic E-state index is 0.0361. The SMILES string of the molecule is COc1ccc2ccc(OCC(=O)NC(C)C3CC4CCC3C4)cc2c1. The number of carbonyl (C=O) groups is 1. The number of nitrogens with one attached hydrogen (secondary N) is 1. The molecule has 0 spiro atoms. The van der Waals surface area contributed by atoms with Gasteiger partial charge in [-0.2, -0.15) is 0 Å². The molecule has 2 aromatic rings. The summed E-state index contributed by atoms with van der Waals surface area (Å²) in [5.41, 5.74) is 0. The minimum atomic E-state index is -0.0361. The lowest BCUT2D eigenvalue weighted by molar-refractivity contribution is -0.124. The van der Waals surface area contributed by atoms with Gasteiger partial charge in [0.25, 0.3) is 5.91 Å². The Balaban J connectivity index is 1.33. The van der Waals surface area contributed by atoms with E-state index in [0.717, 1.165) is 28.4 Å². The van der Waals surface area contributed by atoms with E-state index in [1.807, 2.05) is 36.4 Å². The quantitative estimate of drug-likeness (QED) is 0.848. The van der Waals surface area contributed by atoms with Gasteiger partial charge in [-0.15, -0.1) is 0 Å². The van der Waals surface area contributed by atoms with Crippen molar-refractivity contribution in [2.75, 3.05) is 13.7 Å². The zero-order valence-corrected chi connectivity index (χ0v) is 15.5. The Hall–Kier alpha value is -2.23. The topological polar surface area (TPSA) is 47.6 Å². The molecule has 4 nitrogen and oxygen atoms in total. The summed E-state index contributed by atoms with van der Waals surface area (Å²) in [7, 11) is 1.66. The molecule has 1 N–H and O–H groups in total. The van der Waals surface area contributed by atoms with Crippen LogP contribution in [-0.4, -0.2) is 25.7 Å². The standard InChI is InChI=1S/C22H27NO3/c1-14(21-10-15-3-4-17(21)9-15)23-22(24)13-26-20-8-6-16-5-7-19(25-2)11-18(16)12-20/h5-8,11-12,14-15,17,21H,3-4,9-10,13H2,1-2H3,(H,23,24). The number of carbonyl (C=O) groups excluding carboxylic acids is 1. The fraction of sp³-hybridized carbons (Fsp3) is 0.500. The van der Waals surface area contributed by atoms with Crippen molar-refractivity contribution in [3.05, 3.63) is 36.4 Å². The maximum absolute atomic E-state index is 12.3. The van der Waals surface area contributed by atoms with Crippen molar-refractivity contribution < 1.29 is 14.3 Å². The van der Waals surface area contributed by atoms with E-state index < -0.39 is 0 Å². The number of hydrogen-bond donors (Lipinski definition) is 1. The molecule has 2 bridgehead atoms. The van der Waals surface area contributed by atoms with Crippen LogP contribution in [0.2, 0.25) is 0 Å². The van der Waals surface area contributed by atoms with Gasteiger partial charge in [0, 0.05) is 6.04 Å². The first-order valence-corrected chi connectivity index (χ1v) is 9.62. The first kappa shape index (κ1) is 17.2. The van der Waals surface area contributed by atoms with Crippen molar-refractivity contribution >= 4 is 16.7 Å². The third-order valence-electron chi connectivity index (χ3n) is 6.21. The van der Waals surface area contributed by atoms with Crippen molar-refractivity contribution in [1.29, 1.82) is 0 Å². The molecule has 2 fully saturated rings. The Morgan fingerprint density at radius 2 is 1.88 bits per heavy atom. The lowest BCUT2D eigenvalue weighted by Crippen LogP contribution is -2.42. The Kier molecular flexibility index (Phi) is 4.75. The van der Waals surface area contributed by atoms with Gasteiger partial charge in [-0.25, -0.2) is 0 Å². The van der Waals surface area contributed by atoms with Crippen molar-refractivity contribution in [3.63, 3.8) is 0 Å². The summed E-state index contributed by atoms with van der Waals surface area (Å²) in [5, 5.41) is 5.31. The monoisotopic (exact) mass is 353 g/mol. The number of fused-ring (bicyclic) bond motifs is 3. The molecule has 0 radical (unpaired) electrons. The smallest absolute Gasteiger partial charge is 0.258 e. The van der Waals surface area contributed by atoms with Crippen LogP contribution >= 0.6 is 0 Å². The fourth-order valence-electron chi connectivity index (χ4n) is 4.88. The molecular formula is C22H27NO3. The number of methoxy groups -OCH3 is 1. The summed E-state index contributed by atoms with van der Waals surface area (Å²) in [6.07, 6.45) is 5.37. The first-order valence-electron chi connectivity index (χ1n) is 9.62. The molecule has 26 heavy (non-hydrogen) atoms. The third kappa shape index (κ3) is 3.50. The molecular weight excluding hydrogens is 326 g/mol. The normalized spacial score (nSPS) is 25.2. The van der Waals surface area contributed by atoms with Crippen molar-refractivity contribution in [2.24, 2.45) is 17.8 Å². The van der Waals surface area contributed by atoms with E-state index in [4.69, 9.17) is 9.47 Å². The maximum Gasteiger partial charge on any atom is 0.258 e. The Morgan fingerprint density at radius 3 is 2.58 bits per heavy atom. The van der Waals surface area contributed by atoms with Crippen LogP contribution in [0.15, 0.2) is 36.4 Å². The predicted octanol–water partition coefficient (Wildman–Crippen LogP) is 4.17. The number of rotatable bonds is 6. The summed E-state index contributed by atoms with van der Waals surface area (Å²) in [6, 6.07) is 12.0. The lowest BCUT2D eigenvalue weighted by Gasteiger charge is -2.28. The number of hydrogen-bond acceptors (Lipinski definition) is 3. The van der Waals surface area contributed by atoms with Gasteiger partial charge in [0.1, 0.15) is 11.5 Å². The second-order valence-electron chi connectivity index (χ2n) is 7.86. The van der Waals surface area contributed by atoms with Crippen LogP contribution in [0.4, 0.5) is 0 Å². The molecule has 0 aliphatic heterocycles. The molecule has 2 aliphatic carbocycles. The van der Waals surface area contributed by atoms with Crippen LogP contribution in [-0.2, 0) is 4.79 Å². The minimum Gasteiger partial charge on any atom is -0.497 e. The molecule has 2 aromatic carbocycles. The summed E-state index contributed by atoms with van der Waals surface area (Å²) in [4.78, 5) is 12.3. The maximum atomic E-state index is 12.3. The highest BCUT2D eigenvalue weighted by Crippen LogP contribution is 2.49. The molecule has 138 valence electrons. The number of benzene rings is 2. The van der Waals surface area contributed by atoms with E-state index in [9.17, 15) is 4.79 Å². The zero-order valence-electron chi connectivity index (χ0n) is 15.5. The molecule has 4 rings (SSSR count). The third-order valence-corrected chi connectivity index (χ3v) is 6.21. The highest BCUT2D eigenvalue weighted by molar-refractivity contribution is 5.85. The molecule has 0 heterocycles. The summed E-state index contributed by atoms with van der Waals surface area (Å²) >= 11 is 0. The molecule has 4 heteroatoms. The molecule has 2 aliphatic rings. The van der Waals surface area contributed by atoms with E-state index in [2.05, 4.69) is 12.2 Å². The van der Waals surface area contributed by atoms with Gasteiger partial charge in [0.05, 0.1) is 7.11 Å². The van der Waals surface area contributed by atoms with E-state index >= 15 is 0 Å². The molecule has 0 saturated heterocycles. The van der Waals surface area contributed by atoms with Crippen molar-refractivity contribution in [1.82, 2.24) is 5.32 Å². The van der Waals surface area contributed by atoms with Gasteiger partial charge in [-0.1, -0.05) is 18.6 Å². The van der Waals surface area contributed by atoms with E-state index in [-0.39, 0.29) is 18.6 Å². The van der Waals surface area contributed by atoms with Crippen LogP contribution in [0.1, 0.15) is 32.6 Å². The van der Waals surface area contributed by atoms with Crippen LogP contribution < -0.4 is 14.8 Å². The number of ether oxygens (including phenoxy) is 2. The van der Waals surface area contributed by atoms with Gasteiger partial charge in [0.2, 0.25) is 0 Å². The molecule has 4 unspecified atom stereocenters. The second kappa shape index (κ2) is 7.18. The van der Waals surface area contributed by atoms with Crippen LogP contribution in [0, 0.1) is 17.8 Å². The van der Waals surface area contributed by atoms with Crippen LogP contribution in [0.5, 0.6) is 11.5 Å². The van der Waals surface area contributed by atoms with Gasteiger partial charge < -0.3 is 14.8 Å². The van der Waals surface area contributed by atoms with E-state index in [1.165, 1.54) is 25.7 Å². The van der Waals surface area contributed by atoms with Crippen molar-refractivity contribution in [3.8, 4) is 11.5 Å². The van der Waals surface area contributed by atoms with Crippen LogP contribution in [0.3, 0.4) is 0 Å². The second-order valence-corrected chi connectivity index (χ2v) is 7.86. The fourth-order valence-corrected chi connectivity index (χ4v) is 4.88. The Morgan fingerprint density at radius 1 is 1.12 bits per heavy atom. The summed E-state index contributed by atoms with van der Waals surface area (Å²) in [6.45, 7) is 2.20. The van der Waals surface area contributed by atoms with E-state index in [1.54, 1.807) is 7.11 Å². The van der Waals surface area contributed by atoms with Crippen molar-refractivity contribution in [2.45, 2.75) is 38.6 Å². The molecule has 2 saturated carbocycles. The van der Waals surface area contributed by atoms with Crippen LogP contribution in [0.25, 0.3) is 10.8 Å². The van der Waals surface area contributed by atoms with Gasteiger partial charge >= 0.3 is 0 Å². The lowest BCUT2D eigenvalue weighted by atomic mass is 9.84. The predicted molar refractivity (Wildman–Crippen MR) is 103 cm³/mol. The average molecular weight is 353 g/mol. The summed E-state index contributed by atoms with van der Waals surface area (Å²) < 4.78 is 11.0. The van der Waals surface area contributed by atoms with E-state index in [0.29, 0.717) is 11.7 Å². The molecule has 0 aromatic heterocycles. The largest absolute Gasteiger partial charge is 0.497 e. The van der Waals surface area contributed by atoms with Gasteiger partial charge in [-0.05, 0) is 79.0 Å². The van der Waals surface area contributed by atoms with Gasteiger partial charge in [-0.3, -0.25) is 4.79 Å². The highest BCUT2D eigenvalue weighted by Gasteiger charge is 2.42. The number of amides is 1. The van der Waals surface area contributed by atoms with Gasteiger partial charge in [0.15, 0.2) is 6.61 Å². The first-order chi connectivity index (χ1) is 12.6. The Bertz CT molecular complexity index is 803. The molecule has 4 atom stereocenters. The zero-order chi connectivity index (χ0) is 18.1. The molecule has 1 amide bonds. The Labute approximate surface area is 154 Å². The summed E-state index contributed by atoms with van der Waals surface area (Å²) in [5.74, 6) is 3.83. The average Bonchev–Trinajstić information content (AvgIpc) is 3.29.